The first-order valence-electron chi connectivity index (χ1n) is 13.9. The van der Waals surface area contributed by atoms with Crippen LogP contribution in [0.15, 0.2) is 35.3 Å². The Morgan fingerprint density at radius 2 is 1.64 bits per heavy atom. The van der Waals surface area contributed by atoms with E-state index in [4.69, 9.17) is 10.2 Å². The highest BCUT2D eigenvalue weighted by Crippen LogP contribution is 2.44. The Morgan fingerprint density at radius 1 is 1.02 bits per heavy atom. The first-order chi connectivity index (χ1) is 20.5. The maximum Gasteiger partial charge on any atom is 0.368 e. The van der Waals surface area contributed by atoms with E-state index in [1.165, 1.54) is 19.2 Å². The quantitative estimate of drug-likeness (QED) is 0.233. The number of nitrogens with one attached hydrogen (secondary N) is 3. The summed E-state index contributed by atoms with van der Waals surface area (Å²) in [6, 6.07) is 2.88. The van der Waals surface area contributed by atoms with Crippen LogP contribution >= 0.6 is 0 Å². The van der Waals surface area contributed by atoms with Crippen molar-refractivity contribution in [3.63, 3.8) is 0 Å². The number of carbonyl (C=O) groups is 2. The molecule has 1 aliphatic carbocycles. The Kier molecular flexibility index (Phi) is 9.13. The molecule has 236 valence electrons. The molecular formula is C28H35F2N9O5. The Hall–Kier alpha value is -4.73. The van der Waals surface area contributed by atoms with Gasteiger partial charge in [-0.05, 0) is 87.4 Å². The minimum Gasteiger partial charge on any atom is -0.478 e. The van der Waals surface area contributed by atoms with Crippen LogP contribution in [-0.4, -0.2) is 69.0 Å². The summed E-state index contributed by atoms with van der Waals surface area (Å²) >= 11 is 0. The number of anilines is 3. The molecule has 44 heavy (non-hydrogen) atoms. The number of benzene rings is 1. The number of carboxylic acids is 2. The van der Waals surface area contributed by atoms with Gasteiger partial charge >= 0.3 is 17.6 Å². The van der Waals surface area contributed by atoms with Crippen molar-refractivity contribution in [3.8, 4) is 5.69 Å². The highest BCUT2D eigenvalue weighted by molar-refractivity contribution is 5.89. The monoisotopic (exact) mass is 615 g/mol. The van der Waals surface area contributed by atoms with Gasteiger partial charge in [-0.3, -0.25) is 0 Å². The first kappa shape index (κ1) is 32.2. The zero-order chi connectivity index (χ0) is 32.4. The van der Waals surface area contributed by atoms with Gasteiger partial charge in [0.2, 0.25) is 5.95 Å². The number of hydrogen-bond acceptors (Lipinski definition) is 10. The number of aliphatic carboxylic acids is 2. The molecule has 2 fully saturated rings. The topological polar surface area (TPSA) is 189 Å². The van der Waals surface area contributed by atoms with Crippen LogP contribution in [0.4, 0.5) is 26.2 Å². The van der Waals surface area contributed by atoms with E-state index in [2.05, 4.69) is 64.0 Å². The molecule has 0 atom stereocenters. The summed E-state index contributed by atoms with van der Waals surface area (Å²) in [4.78, 5) is 39.9. The summed E-state index contributed by atoms with van der Waals surface area (Å²) in [5.41, 5.74) is 0.481. The van der Waals surface area contributed by atoms with Crippen molar-refractivity contribution in [1.29, 1.82) is 0 Å². The van der Waals surface area contributed by atoms with Crippen molar-refractivity contribution in [2.75, 3.05) is 10.6 Å². The SMILES string of the molecule is Cn1nnn(-c2cc(Nc3ncc(F)c(NC4CC(C)(C)NC(C)(C)C4)n3)c(F)cc2C2CC2)c1=O.O=C(O)/C=C/C(=O)O. The van der Waals surface area contributed by atoms with E-state index < -0.39 is 29.3 Å². The lowest BCUT2D eigenvalue weighted by Crippen LogP contribution is -2.60. The van der Waals surface area contributed by atoms with Crippen LogP contribution in [0.2, 0.25) is 0 Å². The summed E-state index contributed by atoms with van der Waals surface area (Å²) in [6.07, 6.45) is 5.54. The van der Waals surface area contributed by atoms with Crippen LogP contribution in [0.25, 0.3) is 5.69 Å². The molecule has 0 radical (unpaired) electrons. The zero-order valence-corrected chi connectivity index (χ0v) is 24.9. The number of rotatable bonds is 8. The number of tetrazole rings is 1. The van der Waals surface area contributed by atoms with Gasteiger partial charge in [-0.2, -0.15) is 14.3 Å². The van der Waals surface area contributed by atoms with Crippen molar-refractivity contribution >= 4 is 29.4 Å². The summed E-state index contributed by atoms with van der Waals surface area (Å²) < 4.78 is 32.0. The minimum atomic E-state index is -1.26. The molecule has 3 heterocycles. The molecule has 2 aliphatic rings. The van der Waals surface area contributed by atoms with Crippen molar-refractivity contribution in [3.05, 3.63) is 58.2 Å². The van der Waals surface area contributed by atoms with Gasteiger partial charge in [0, 0.05) is 36.3 Å². The Labute approximate surface area is 251 Å². The molecule has 0 bridgehead atoms. The highest BCUT2D eigenvalue weighted by atomic mass is 19.1. The number of aryl methyl sites for hydroxylation is 1. The van der Waals surface area contributed by atoms with Gasteiger partial charge in [0.05, 0.1) is 17.6 Å². The van der Waals surface area contributed by atoms with E-state index in [9.17, 15) is 18.8 Å². The normalized spacial score (nSPS) is 17.5. The molecule has 0 spiro atoms. The smallest absolute Gasteiger partial charge is 0.368 e. The number of halogens is 2. The fraction of sp³-hybridized carbons (Fsp3) is 0.464. The summed E-state index contributed by atoms with van der Waals surface area (Å²) in [7, 11) is 1.50. The lowest BCUT2D eigenvalue weighted by Gasteiger charge is -2.46. The van der Waals surface area contributed by atoms with Gasteiger partial charge in [-0.15, -0.1) is 0 Å². The highest BCUT2D eigenvalue weighted by Gasteiger charge is 2.38. The molecule has 0 unspecified atom stereocenters. The summed E-state index contributed by atoms with van der Waals surface area (Å²) in [5, 5.41) is 33.0. The van der Waals surface area contributed by atoms with E-state index in [-0.39, 0.29) is 40.5 Å². The van der Waals surface area contributed by atoms with E-state index in [0.29, 0.717) is 23.4 Å². The van der Waals surface area contributed by atoms with Crippen molar-refractivity contribution in [2.45, 2.75) is 76.4 Å². The fourth-order valence-corrected chi connectivity index (χ4v) is 5.45. The van der Waals surface area contributed by atoms with Crippen molar-refractivity contribution in [1.82, 2.24) is 35.1 Å². The molecule has 16 heteroatoms. The van der Waals surface area contributed by atoms with Crippen LogP contribution in [0.3, 0.4) is 0 Å². The van der Waals surface area contributed by atoms with E-state index in [1.54, 1.807) is 0 Å². The molecular weight excluding hydrogens is 580 g/mol. The predicted molar refractivity (Wildman–Crippen MR) is 156 cm³/mol. The number of piperidine rings is 1. The second-order valence-corrected chi connectivity index (χ2v) is 12.1. The van der Waals surface area contributed by atoms with Crippen LogP contribution in [-0.2, 0) is 16.6 Å². The maximum atomic E-state index is 15.1. The number of nitrogens with zero attached hydrogens (tertiary/aromatic N) is 6. The average Bonchev–Trinajstić information content (AvgIpc) is 3.69. The molecule has 1 aromatic carbocycles. The lowest BCUT2D eigenvalue weighted by atomic mass is 9.79. The predicted octanol–water partition coefficient (Wildman–Crippen LogP) is 3.09. The fourth-order valence-electron chi connectivity index (χ4n) is 5.45. The first-order valence-corrected chi connectivity index (χ1v) is 13.9. The Morgan fingerprint density at radius 3 is 2.16 bits per heavy atom. The van der Waals surface area contributed by atoms with Gasteiger partial charge in [0.15, 0.2) is 11.6 Å². The van der Waals surface area contributed by atoms with Gasteiger partial charge in [-0.25, -0.2) is 28.1 Å². The van der Waals surface area contributed by atoms with Gasteiger partial charge in [0.25, 0.3) is 0 Å². The zero-order valence-electron chi connectivity index (χ0n) is 24.9. The van der Waals surface area contributed by atoms with Gasteiger partial charge in [0.1, 0.15) is 5.82 Å². The minimum absolute atomic E-state index is 0.0156. The maximum absolute atomic E-state index is 15.1. The standard InChI is InChI=1S/C24H31F2N9O.C4H4O4/c1-23(2)10-14(11-24(3,4)31-23)28-20-17(26)12-27-21(30-20)29-18-9-19(35-22(36)34(5)32-33-35)15(8-16(18)25)13-6-7-13;5-3(6)1-2-4(7)8/h8-9,12-14,31H,6-7,10-11H2,1-5H3,(H2,27,28,29,30);1-2H,(H,5,6)(H,7,8)/b;2-1+. The van der Waals surface area contributed by atoms with Crippen LogP contribution in [0.5, 0.6) is 0 Å². The Bertz CT molecular complexity index is 1610. The number of hydrogen-bond donors (Lipinski definition) is 5. The largest absolute Gasteiger partial charge is 0.478 e. The summed E-state index contributed by atoms with van der Waals surface area (Å²) in [6.45, 7) is 8.44. The second kappa shape index (κ2) is 12.5. The van der Waals surface area contributed by atoms with E-state index in [1.807, 2.05) is 0 Å². The second-order valence-electron chi connectivity index (χ2n) is 12.1. The van der Waals surface area contributed by atoms with Crippen molar-refractivity contribution in [2.24, 2.45) is 7.05 Å². The number of aromatic nitrogens is 6. The molecule has 1 saturated heterocycles. The molecule has 5 rings (SSSR count). The van der Waals surface area contributed by atoms with Crippen molar-refractivity contribution < 1.29 is 28.6 Å². The van der Waals surface area contributed by atoms with E-state index in [0.717, 1.165) is 41.2 Å². The molecule has 1 aliphatic heterocycles. The molecule has 0 amide bonds. The van der Waals surface area contributed by atoms with Gasteiger partial charge in [-0.1, -0.05) is 0 Å². The summed E-state index contributed by atoms with van der Waals surface area (Å²) in [5.74, 6) is -3.39. The Balaban J connectivity index is 0.000000488. The van der Waals surface area contributed by atoms with Crippen LogP contribution < -0.4 is 21.6 Å². The third-order valence-electron chi connectivity index (χ3n) is 6.97. The van der Waals surface area contributed by atoms with Crippen LogP contribution in [0.1, 0.15) is 64.9 Å². The molecule has 14 nitrogen and oxygen atoms in total. The lowest BCUT2D eigenvalue weighted by molar-refractivity contribution is -0.134. The molecule has 1 saturated carbocycles. The number of carboxylic acid groups (broad SMARTS) is 2. The molecule has 5 N–H and O–H groups in total. The van der Waals surface area contributed by atoms with E-state index >= 15 is 4.39 Å². The van der Waals surface area contributed by atoms with Gasteiger partial charge < -0.3 is 26.2 Å². The molecule has 2 aromatic heterocycles. The average molecular weight is 616 g/mol. The third kappa shape index (κ3) is 8.21. The third-order valence-corrected chi connectivity index (χ3v) is 6.97. The molecule has 3 aromatic rings. The van der Waals surface area contributed by atoms with Crippen LogP contribution in [0, 0.1) is 11.6 Å².